The number of carbonyl (C=O) groups excluding carboxylic acids is 2. The van der Waals surface area contributed by atoms with Crippen LogP contribution in [0.25, 0.3) is 0 Å². The number of para-hydroxylation sites is 1. The highest BCUT2D eigenvalue weighted by Gasteiger charge is 2.34. The minimum absolute atomic E-state index is 0.0502. The molecule has 6 nitrogen and oxygen atoms in total. The van der Waals surface area contributed by atoms with E-state index < -0.39 is 0 Å². The second-order valence-electron chi connectivity index (χ2n) is 9.67. The number of hydrogen-bond acceptors (Lipinski definition) is 4. The number of ether oxygens (including phenoxy) is 2. The summed E-state index contributed by atoms with van der Waals surface area (Å²) in [5.74, 6) is 2.02. The molecular weight excluding hydrogens is 488 g/mol. The summed E-state index contributed by atoms with van der Waals surface area (Å²) in [6.07, 6.45) is 1.58. The fraction of sp³-hybridized carbons (Fsp3) is 0.212. The molecule has 1 atom stereocenters. The number of aryl methyl sites for hydroxylation is 1. The molecule has 198 valence electrons. The maximum absolute atomic E-state index is 13.5. The first kappa shape index (κ1) is 26.0. The monoisotopic (exact) mass is 520 g/mol. The van der Waals surface area contributed by atoms with Crippen molar-refractivity contribution in [2.75, 3.05) is 20.2 Å². The van der Waals surface area contributed by atoms with Crippen LogP contribution in [0.2, 0.25) is 0 Å². The lowest BCUT2D eigenvalue weighted by Crippen LogP contribution is -2.57. The second kappa shape index (κ2) is 12.3. The number of amides is 2. The summed E-state index contributed by atoms with van der Waals surface area (Å²) in [6.45, 7) is 1.02. The van der Waals surface area contributed by atoms with Gasteiger partial charge in [-0.3, -0.25) is 9.59 Å². The smallest absolute Gasteiger partial charge is 0.254 e. The Morgan fingerprint density at radius 3 is 2.05 bits per heavy atom. The fourth-order valence-corrected chi connectivity index (χ4v) is 4.87. The van der Waals surface area contributed by atoms with Crippen LogP contribution in [-0.4, -0.2) is 47.9 Å². The standard InChI is InChI=1S/C33H32N2O4/c1-38-29-20-15-27(16-21-29)33(37)34-23-28(17-12-25-8-4-2-5-9-25)35(32(36)24-34)22-26-13-18-31(19-14-26)39-30-10-6-3-7-11-30/h2-11,13-16,18-21,28H,12,17,22-24H2,1H3/t28-/m0/s1. The molecule has 2 amide bonds. The number of methoxy groups -OCH3 is 1. The largest absolute Gasteiger partial charge is 0.497 e. The first-order chi connectivity index (χ1) is 19.1. The van der Waals surface area contributed by atoms with Gasteiger partial charge in [0, 0.05) is 18.7 Å². The van der Waals surface area contributed by atoms with E-state index in [1.807, 2.05) is 77.7 Å². The Morgan fingerprint density at radius 1 is 0.769 bits per heavy atom. The van der Waals surface area contributed by atoms with E-state index in [-0.39, 0.29) is 24.4 Å². The second-order valence-corrected chi connectivity index (χ2v) is 9.67. The number of piperazine rings is 1. The van der Waals surface area contributed by atoms with E-state index in [2.05, 4.69) is 12.1 Å². The van der Waals surface area contributed by atoms with Crippen molar-refractivity contribution in [3.63, 3.8) is 0 Å². The van der Waals surface area contributed by atoms with Crippen LogP contribution in [0.3, 0.4) is 0 Å². The molecule has 1 aliphatic rings. The molecule has 1 saturated heterocycles. The van der Waals surface area contributed by atoms with Crippen LogP contribution >= 0.6 is 0 Å². The maximum Gasteiger partial charge on any atom is 0.254 e. The summed E-state index contributed by atoms with van der Waals surface area (Å²) >= 11 is 0. The molecule has 0 N–H and O–H groups in total. The molecule has 0 unspecified atom stereocenters. The molecule has 0 aromatic heterocycles. The summed E-state index contributed by atoms with van der Waals surface area (Å²) in [5.41, 5.74) is 2.78. The number of nitrogens with zero attached hydrogens (tertiary/aromatic N) is 2. The minimum Gasteiger partial charge on any atom is -0.497 e. The molecule has 5 rings (SSSR count). The lowest BCUT2D eigenvalue weighted by molar-refractivity contribution is -0.139. The number of carbonyl (C=O) groups is 2. The molecule has 4 aromatic rings. The third-order valence-electron chi connectivity index (χ3n) is 7.01. The third kappa shape index (κ3) is 6.65. The van der Waals surface area contributed by atoms with Crippen LogP contribution in [0.4, 0.5) is 0 Å². The first-order valence-corrected chi connectivity index (χ1v) is 13.2. The fourth-order valence-electron chi connectivity index (χ4n) is 4.87. The van der Waals surface area contributed by atoms with Crippen molar-refractivity contribution < 1.29 is 19.1 Å². The minimum atomic E-state index is -0.141. The summed E-state index contributed by atoms with van der Waals surface area (Å²) in [5, 5.41) is 0. The molecule has 0 bridgehead atoms. The molecule has 1 heterocycles. The molecule has 0 saturated carbocycles. The summed E-state index contributed by atoms with van der Waals surface area (Å²) in [6, 6.07) is 34.7. The van der Waals surface area contributed by atoms with Gasteiger partial charge >= 0.3 is 0 Å². The van der Waals surface area contributed by atoms with Crippen LogP contribution in [0.5, 0.6) is 17.2 Å². The normalized spacial score (nSPS) is 15.2. The number of hydrogen-bond donors (Lipinski definition) is 0. The van der Waals surface area contributed by atoms with Crippen molar-refractivity contribution in [3.05, 3.63) is 126 Å². The topological polar surface area (TPSA) is 59.1 Å². The van der Waals surface area contributed by atoms with E-state index in [4.69, 9.17) is 9.47 Å². The van der Waals surface area contributed by atoms with Crippen molar-refractivity contribution in [2.45, 2.75) is 25.4 Å². The molecule has 39 heavy (non-hydrogen) atoms. The van der Waals surface area contributed by atoms with Crippen LogP contribution in [0, 0.1) is 0 Å². The molecule has 6 heteroatoms. The first-order valence-electron chi connectivity index (χ1n) is 13.2. The van der Waals surface area contributed by atoms with Crippen molar-refractivity contribution in [1.82, 2.24) is 9.80 Å². The van der Waals surface area contributed by atoms with Crippen LogP contribution in [0.1, 0.15) is 27.9 Å². The summed E-state index contributed by atoms with van der Waals surface area (Å²) in [4.78, 5) is 30.4. The lowest BCUT2D eigenvalue weighted by Gasteiger charge is -2.41. The number of benzene rings is 4. The van der Waals surface area contributed by atoms with Gasteiger partial charge in [0.2, 0.25) is 5.91 Å². The van der Waals surface area contributed by atoms with Gasteiger partial charge in [-0.2, -0.15) is 0 Å². The van der Waals surface area contributed by atoms with Gasteiger partial charge in [0.25, 0.3) is 5.91 Å². The van der Waals surface area contributed by atoms with E-state index in [9.17, 15) is 9.59 Å². The van der Waals surface area contributed by atoms with Gasteiger partial charge in [0.15, 0.2) is 0 Å². The zero-order valence-electron chi connectivity index (χ0n) is 22.0. The predicted octanol–water partition coefficient (Wildman–Crippen LogP) is 5.97. The molecular formula is C33H32N2O4. The quantitative estimate of drug-likeness (QED) is 0.273. The van der Waals surface area contributed by atoms with Gasteiger partial charge in [0.05, 0.1) is 13.2 Å². The maximum atomic E-state index is 13.5. The van der Waals surface area contributed by atoms with E-state index in [0.29, 0.717) is 24.4 Å². The van der Waals surface area contributed by atoms with E-state index in [0.717, 1.165) is 29.9 Å². The predicted molar refractivity (Wildman–Crippen MR) is 151 cm³/mol. The molecule has 1 fully saturated rings. The van der Waals surface area contributed by atoms with E-state index in [1.54, 1.807) is 36.3 Å². The lowest BCUT2D eigenvalue weighted by atomic mass is 10.00. The van der Waals surface area contributed by atoms with Gasteiger partial charge in [0.1, 0.15) is 23.8 Å². The molecule has 0 spiro atoms. The van der Waals surface area contributed by atoms with Crippen molar-refractivity contribution in [3.8, 4) is 17.2 Å². The van der Waals surface area contributed by atoms with Crippen molar-refractivity contribution >= 4 is 11.8 Å². The molecule has 1 aliphatic heterocycles. The van der Waals surface area contributed by atoms with E-state index >= 15 is 0 Å². The Labute approximate surface area is 229 Å². The summed E-state index contributed by atoms with van der Waals surface area (Å²) < 4.78 is 11.1. The highest BCUT2D eigenvalue weighted by molar-refractivity contribution is 5.97. The van der Waals surface area contributed by atoms with Crippen LogP contribution in [-0.2, 0) is 17.8 Å². The van der Waals surface area contributed by atoms with E-state index in [1.165, 1.54) is 5.56 Å². The van der Waals surface area contributed by atoms with Gasteiger partial charge in [-0.1, -0.05) is 60.7 Å². The highest BCUT2D eigenvalue weighted by atomic mass is 16.5. The van der Waals surface area contributed by atoms with Gasteiger partial charge < -0.3 is 19.3 Å². The molecule has 0 aliphatic carbocycles. The van der Waals surface area contributed by atoms with Crippen LogP contribution < -0.4 is 9.47 Å². The zero-order chi connectivity index (χ0) is 27.0. The van der Waals surface area contributed by atoms with Crippen molar-refractivity contribution in [1.29, 1.82) is 0 Å². The average molecular weight is 521 g/mol. The Hall–Kier alpha value is -4.58. The Balaban J connectivity index is 1.31. The van der Waals surface area contributed by atoms with Gasteiger partial charge in [-0.25, -0.2) is 0 Å². The zero-order valence-corrected chi connectivity index (χ0v) is 22.0. The third-order valence-corrected chi connectivity index (χ3v) is 7.01. The highest BCUT2D eigenvalue weighted by Crippen LogP contribution is 2.25. The number of rotatable bonds is 9. The Bertz CT molecular complexity index is 1370. The molecule has 0 radical (unpaired) electrons. The molecule has 4 aromatic carbocycles. The van der Waals surface area contributed by atoms with Gasteiger partial charge in [-0.05, 0) is 72.5 Å². The SMILES string of the molecule is COc1ccc(C(=O)N2CC(=O)N(Cc3ccc(Oc4ccccc4)cc3)[C@@H](CCc3ccccc3)C2)cc1. The van der Waals surface area contributed by atoms with Gasteiger partial charge in [-0.15, -0.1) is 0 Å². The average Bonchev–Trinajstić information content (AvgIpc) is 2.99. The van der Waals surface area contributed by atoms with Crippen LogP contribution in [0.15, 0.2) is 109 Å². The summed E-state index contributed by atoms with van der Waals surface area (Å²) in [7, 11) is 1.59. The Kier molecular flexibility index (Phi) is 8.22. The van der Waals surface area contributed by atoms with Crippen molar-refractivity contribution in [2.24, 2.45) is 0 Å². The Morgan fingerprint density at radius 2 is 1.38 bits per heavy atom.